The first-order valence-electron chi connectivity index (χ1n) is 7.63. The highest BCUT2D eigenvalue weighted by Crippen LogP contribution is 2.24. The largest absolute Gasteiger partial charge is 0.459 e. The highest BCUT2D eigenvalue weighted by Gasteiger charge is 2.09. The van der Waals surface area contributed by atoms with Crippen molar-refractivity contribution in [1.82, 2.24) is 5.32 Å². The van der Waals surface area contributed by atoms with Crippen LogP contribution in [0.1, 0.15) is 16.1 Å². The summed E-state index contributed by atoms with van der Waals surface area (Å²) in [6.45, 7) is -0.145. The maximum Gasteiger partial charge on any atom is 0.257 e. The predicted molar refractivity (Wildman–Crippen MR) is 100 cm³/mol. The second-order valence-corrected chi connectivity index (χ2v) is 5.69. The molecule has 1 heterocycles. The zero-order valence-electron chi connectivity index (χ0n) is 13.2. The number of carbonyl (C=O) groups excluding carboxylic acids is 1. The summed E-state index contributed by atoms with van der Waals surface area (Å²) in [6.07, 6.45) is 0. The van der Waals surface area contributed by atoms with E-state index in [-0.39, 0.29) is 17.6 Å². The Morgan fingerprint density at radius 1 is 1.04 bits per heavy atom. The van der Waals surface area contributed by atoms with Gasteiger partial charge in [0.15, 0.2) is 5.11 Å². The molecule has 126 valence electrons. The van der Waals surface area contributed by atoms with E-state index in [1.54, 1.807) is 36.4 Å². The number of hydrogen-bond donors (Lipinski definition) is 3. The smallest absolute Gasteiger partial charge is 0.257 e. The van der Waals surface area contributed by atoms with Crippen molar-refractivity contribution in [1.29, 1.82) is 0 Å². The first kappa shape index (κ1) is 16.9. The summed E-state index contributed by atoms with van der Waals surface area (Å²) in [5.41, 5.74) is 2.09. The van der Waals surface area contributed by atoms with Crippen LogP contribution in [0.4, 0.5) is 5.69 Å². The van der Waals surface area contributed by atoms with Crippen molar-refractivity contribution in [2.45, 2.75) is 6.61 Å². The van der Waals surface area contributed by atoms with Crippen LogP contribution in [0.5, 0.6) is 0 Å². The molecule has 3 aromatic rings. The molecule has 1 amide bonds. The molecular formula is C19H16N2O3S. The lowest BCUT2D eigenvalue weighted by atomic mass is 10.1. The Morgan fingerprint density at radius 2 is 1.84 bits per heavy atom. The van der Waals surface area contributed by atoms with Gasteiger partial charge in [0, 0.05) is 16.8 Å². The third-order valence-corrected chi connectivity index (χ3v) is 3.69. The fourth-order valence-corrected chi connectivity index (χ4v) is 2.51. The van der Waals surface area contributed by atoms with Gasteiger partial charge in [0.2, 0.25) is 0 Å². The first-order chi connectivity index (χ1) is 12.2. The Kier molecular flexibility index (Phi) is 5.23. The average molecular weight is 352 g/mol. The van der Waals surface area contributed by atoms with Gasteiger partial charge in [-0.2, -0.15) is 0 Å². The molecule has 25 heavy (non-hydrogen) atoms. The third-order valence-electron chi connectivity index (χ3n) is 3.49. The number of furan rings is 1. The van der Waals surface area contributed by atoms with Gasteiger partial charge < -0.3 is 14.8 Å². The van der Waals surface area contributed by atoms with E-state index in [1.807, 2.05) is 30.3 Å². The number of carbonyl (C=O) groups is 1. The Labute approximate surface area is 150 Å². The molecule has 0 spiro atoms. The Balaban J connectivity index is 1.67. The zero-order valence-corrected chi connectivity index (χ0v) is 14.0. The van der Waals surface area contributed by atoms with Crippen LogP contribution >= 0.6 is 12.2 Å². The van der Waals surface area contributed by atoms with E-state index < -0.39 is 0 Å². The molecule has 0 aliphatic rings. The van der Waals surface area contributed by atoms with Gasteiger partial charge in [0.1, 0.15) is 18.1 Å². The molecule has 0 fully saturated rings. The summed E-state index contributed by atoms with van der Waals surface area (Å²) < 4.78 is 5.52. The van der Waals surface area contributed by atoms with Crippen LogP contribution in [0.2, 0.25) is 0 Å². The molecule has 3 N–H and O–H groups in total. The van der Waals surface area contributed by atoms with Gasteiger partial charge in [-0.05, 0) is 48.6 Å². The summed E-state index contributed by atoms with van der Waals surface area (Å²) in [4.78, 5) is 12.1. The van der Waals surface area contributed by atoms with Crippen molar-refractivity contribution >= 4 is 28.9 Å². The van der Waals surface area contributed by atoms with E-state index in [0.717, 1.165) is 11.3 Å². The Morgan fingerprint density at radius 3 is 2.56 bits per heavy atom. The van der Waals surface area contributed by atoms with Gasteiger partial charge in [-0.1, -0.05) is 30.3 Å². The number of thiocarbonyl (C=S) groups is 1. The zero-order chi connectivity index (χ0) is 17.6. The summed E-state index contributed by atoms with van der Waals surface area (Å²) in [5.74, 6) is 0.874. The number of rotatable bonds is 4. The van der Waals surface area contributed by atoms with Crippen molar-refractivity contribution in [2.75, 3.05) is 5.32 Å². The van der Waals surface area contributed by atoms with Crippen LogP contribution in [0.15, 0.2) is 71.1 Å². The molecule has 0 bridgehead atoms. The van der Waals surface area contributed by atoms with Crippen LogP contribution in [0, 0.1) is 0 Å². The maximum absolute atomic E-state index is 12.1. The maximum atomic E-state index is 12.1. The second kappa shape index (κ2) is 7.74. The van der Waals surface area contributed by atoms with E-state index in [2.05, 4.69) is 10.6 Å². The minimum atomic E-state index is -0.270. The number of benzene rings is 2. The molecule has 0 aliphatic carbocycles. The van der Waals surface area contributed by atoms with Gasteiger partial charge in [-0.25, -0.2) is 0 Å². The van der Waals surface area contributed by atoms with E-state index in [9.17, 15) is 4.79 Å². The molecule has 3 rings (SSSR count). The van der Waals surface area contributed by atoms with Crippen LogP contribution in [0.25, 0.3) is 11.3 Å². The molecule has 0 radical (unpaired) electrons. The van der Waals surface area contributed by atoms with Gasteiger partial charge in [0.05, 0.1) is 0 Å². The normalized spacial score (nSPS) is 10.3. The molecule has 1 aromatic heterocycles. The molecule has 0 atom stereocenters. The quantitative estimate of drug-likeness (QED) is 0.626. The summed E-state index contributed by atoms with van der Waals surface area (Å²) in [5, 5.41) is 14.9. The van der Waals surface area contributed by atoms with Gasteiger partial charge >= 0.3 is 0 Å². The fourth-order valence-electron chi connectivity index (χ4n) is 2.30. The van der Waals surface area contributed by atoms with E-state index in [1.165, 1.54) is 0 Å². The highest BCUT2D eigenvalue weighted by molar-refractivity contribution is 7.80. The number of nitrogens with one attached hydrogen (secondary N) is 2. The van der Waals surface area contributed by atoms with Crippen molar-refractivity contribution in [3.63, 3.8) is 0 Å². The lowest BCUT2D eigenvalue weighted by Crippen LogP contribution is -2.34. The number of anilines is 1. The molecule has 0 saturated heterocycles. The van der Waals surface area contributed by atoms with Crippen molar-refractivity contribution < 1.29 is 14.3 Å². The Bertz CT molecular complexity index is 890. The van der Waals surface area contributed by atoms with Crippen molar-refractivity contribution in [3.8, 4) is 11.3 Å². The summed E-state index contributed by atoms with van der Waals surface area (Å²) in [7, 11) is 0. The van der Waals surface area contributed by atoms with Crippen LogP contribution < -0.4 is 10.6 Å². The molecule has 6 heteroatoms. The van der Waals surface area contributed by atoms with E-state index in [4.69, 9.17) is 21.7 Å². The highest BCUT2D eigenvalue weighted by atomic mass is 32.1. The molecular weight excluding hydrogens is 336 g/mol. The number of hydrogen-bond acceptors (Lipinski definition) is 4. The molecule has 5 nitrogen and oxygen atoms in total. The van der Waals surface area contributed by atoms with E-state index in [0.29, 0.717) is 17.1 Å². The van der Waals surface area contributed by atoms with Crippen LogP contribution in [0.3, 0.4) is 0 Å². The van der Waals surface area contributed by atoms with E-state index >= 15 is 0 Å². The lowest BCUT2D eigenvalue weighted by Gasteiger charge is -2.10. The number of amides is 1. The molecule has 0 saturated carbocycles. The van der Waals surface area contributed by atoms with Gasteiger partial charge in [-0.3, -0.25) is 10.1 Å². The number of aliphatic hydroxyl groups is 1. The monoisotopic (exact) mass is 352 g/mol. The summed E-state index contributed by atoms with van der Waals surface area (Å²) in [6, 6.07) is 19.8. The molecule has 2 aromatic carbocycles. The first-order valence-corrected chi connectivity index (χ1v) is 8.04. The third kappa shape index (κ3) is 4.32. The number of aliphatic hydroxyl groups excluding tert-OH is 1. The van der Waals surface area contributed by atoms with Crippen LogP contribution in [-0.2, 0) is 6.61 Å². The fraction of sp³-hybridized carbons (Fsp3) is 0.0526. The average Bonchev–Trinajstić information content (AvgIpc) is 3.12. The van der Waals surface area contributed by atoms with Crippen molar-refractivity contribution in [2.24, 2.45) is 0 Å². The minimum absolute atomic E-state index is 0.145. The second-order valence-electron chi connectivity index (χ2n) is 5.28. The van der Waals surface area contributed by atoms with Crippen LogP contribution in [-0.4, -0.2) is 16.1 Å². The Hall–Kier alpha value is -2.96. The standard InChI is InChI=1S/C19H16N2O3S/c22-12-16-9-10-17(24-16)14-7-4-8-15(11-14)20-19(25)21-18(23)13-5-2-1-3-6-13/h1-11,22H,12H2,(H2,20,21,23,25). The summed E-state index contributed by atoms with van der Waals surface area (Å²) >= 11 is 5.20. The SMILES string of the molecule is O=C(NC(=S)Nc1cccc(-c2ccc(CO)o2)c1)c1ccccc1. The van der Waals surface area contributed by atoms with Gasteiger partial charge in [-0.15, -0.1) is 0 Å². The van der Waals surface area contributed by atoms with Gasteiger partial charge in [0.25, 0.3) is 5.91 Å². The minimum Gasteiger partial charge on any atom is -0.459 e. The molecule has 0 unspecified atom stereocenters. The molecule has 0 aliphatic heterocycles. The lowest BCUT2D eigenvalue weighted by molar-refractivity contribution is 0.0977. The predicted octanol–water partition coefficient (Wildman–Crippen LogP) is 3.57. The van der Waals surface area contributed by atoms with Crippen molar-refractivity contribution in [3.05, 3.63) is 78.1 Å². The topological polar surface area (TPSA) is 74.5 Å².